The summed E-state index contributed by atoms with van der Waals surface area (Å²) in [5.41, 5.74) is 5.76. The van der Waals surface area contributed by atoms with Crippen molar-refractivity contribution in [3.63, 3.8) is 0 Å². The molecule has 5 heteroatoms. The second kappa shape index (κ2) is 7.74. The Balaban J connectivity index is 1.51. The summed E-state index contributed by atoms with van der Waals surface area (Å²) < 4.78 is 0. The minimum absolute atomic E-state index is 0.159. The van der Waals surface area contributed by atoms with Crippen LogP contribution in [0.2, 0.25) is 0 Å². The van der Waals surface area contributed by atoms with Gasteiger partial charge in [0.15, 0.2) is 11.6 Å². The maximum Gasteiger partial charge on any atom is 0.228 e. The molecule has 5 nitrogen and oxygen atoms in total. The number of aryl methyl sites for hydroxylation is 1. The van der Waals surface area contributed by atoms with E-state index in [1.807, 2.05) is 49.4 Å². The molecule has 0 amide bonds. The number of benzene rings is 4. The molecule has 1 aliphatic rings. The quantitative estimate of drug-likeness (QED) is 0.358. The molecule has 0 radical (unpaired) electrons. The average Bonchev–Trinajstić information content (AvgIpc) is 2.87. The maximum absolute atomic E-state index is 13.4. The van der Waals surface area contributed by atoms with Crippen molar-refractivity contribution >= 4 is 34.1 Å². The molecule has 162 valence electrons. The Hall–Kier alpha value is -4.64. The molecule has 0 unspecified atom stereocenters. The summed E-state index contributed by atoms with van der Waals surface area (Å²) in [4.78, 5) is 36.0. The van der Waals surface area contributed by atoms with E-state index in [2.05, 4.69) is 11.4 Å². The number of nitrogens with zero attached hydrogens (tertiary/aromatic N) is 2. The SMILES string of the molecule is Cc1ccc2nc(Nc3cccc4c3C(=O)c3ccccc3C4=O)nc(-c3ccccc3)c2c1. The van der Waals surface area contributed by atoms with Gasteiger partial charge in [-0.2, -0.15) is 0 Å². The van der Waals surface area contributed by atoms with Crippen LogP contribution in [0, 0.1) is 6.92 Å². The van der Waals surface area contributed by atoms with Crippen LogP contribution in [0.5, 0.6) is 0 Å². The van der Waals surface area contributed by atoms with Gasteiger partial charge in [-0.15, -0.1) is 0 Å². The number of hydrogen-bond donors (Lipinski definition) is 1. The number of aromatic nitrogens is 2. The Kier molecular flexibility index (Phi) is 4.56. The van der Waals surface area contributed by atoms with E-state index in [0.29, 0.717) is 33.9 Å². The first-order chi connectivity index (χ1) is 16.6. The predicted octanol–water partition coefficient (Wildman–Crippen LogP) is 6.12. The topological polar surface area (TPSA) is 72.0 Å². The third-order valence-electron chi connectivity index (χ3n) is 6.10. The molecule has 0 fully saturated rings. The molecule has 1 aliphatic carbocycles. The normalized spacial score (nSPS) is 12.4. The van der Waals surface area contributed by atoms with Crippen molar-refractivity contribution in [2.75, 3.05) is 5.32 Å². The largest absolute Gasteiger partial charge is 0.323 e. The number of fused-ring (bicyclic) bond motifs is 3. The lowest BCUT2D eigenvalue weighted by molar-refractivity contribution is 0.0979. The lowest BCUT2D eigenvalue weighted by Crippen LogP contribution is -2.22. The molecule has 6 rings (SSSR count). The summed E-state index contributed by atoms with van der Waals surface area (Å²) in [5, 5.41) is 4.19. The van der Waals surface area contributed by atoms with Crippen LogP contribution < -0.4 is 5.32 Å². The van der Waals surface area contributed by atoms with Crippen LogP contribution in [0.25, 0.3) is 22.2 Å². The first-order valence-electron chi connectivity index (χ1n) is 11.0. The number of nitrogens with one attached hydrogen (secondary N) is 1. The highest BCUT2D eigenvalue weighted by Crippen LogP contribution is 2.34. The Labute approximate surface area is 196 Å². The zero-order valence-electron chi connectivity index (χ0n) is 18.4. The van der Waals surface area contributed by atoms with Gasteiger partial charge in [0, 0.05) is 27.6 Å². The molecule has 0 saturated carbocycles. The Morgan fingerprint density at radius 3 is 2.18 bits per heavy atom. The standard InChI is InChI=1S/C29H19N3O2/c1-17-14-15-23-22(16-17)26(18-8-3-2-4-9-18)32-29(30-23)31-24-13-7-12-21-25(24)28(34)20-11-6-5-10-19(20)27(21)33/h2-16H,1H3,(H,30,31,32). The molecule has 0 spiro atoms. The van der Waals surface area contributed by atoms with Crippen LogP contribution in [0.4, 0.5) is 11.6 Å². The Bertz CT molecular complexity index is 1620. The monoisotopic (exact) mass is 441 g/mol. The van der Waals surface area contributed by atoms with Crippen LogP contribution in [0.3, 0.4) is 0 Å². The molecule has 5 aromatic rings. The van der Waals surface area contributed by atoms with E-state index in [-0.39, 0.29) is 11.6 Å². The number of hydrogen-bond acceptors (Lipinski definition) is 5. The van der Waals surface area contributed by atoms with Crippen molar-refractivity contribution < 1.29 is 9.59 Å². The summed E-state index contributed by atoms with van der Waals surface area (Å²) in [6.45, 7) is 2.04. The molecule has 0 bridgehead atoms. The summed E-state index contributed by atoms with van der Waals surface area (Å²) in [6, 6.07) is 28.2. The van der Waals surface area contributed by atoms with Gasteiger partial charge >= 0.3 is 0 Å². The van der Waals surface area contributed by atoms with Crippen molar-refractivity contribution in [3.05, 3.63) is 119 Å². The highest BCUT2D eigenvalue weighted by molar-refractivity contribution is 6.30. The van der Waals surface area contributed by atoms with Gasteiger partial charge in [-0.1, -0.05) is 78.4 Å². The van der Waals surface area contributed by atoms with E-state index in [1.54, 1.807) is 42.5 Å². The van der Waals surface area contributed by atoms with Gasteiger partial charge in [-0.3, -0.25) is 9.59 Å². The third kappa shape index (κ3) is 3.18. The van der Waals surface area contributed by atoms with Gasteiger partial charge < -0.3 is 5.32 Å². The van der Waals surface area contributed by atoms with E-state index in [0.717, 1.165) is 27.7 Å². The lowest BCUT2D eigenvalue weighted by atomic mass is 9.83. The van der Waals surface area contributed by atoms with Crippen LogP contribution in [-0.2, 0) is 0 Å². The molecule has 1 heterocycles. The van der Waals surface area contributed by atoms with Crippen molar-refractivity contribution in [2.24, 2.45) is 0 Å². The molecule has 4 aromatic carbocycles. The van der Waals surface area contributed by atoms with Crippen LogP contribution >= 0.6 is 0 Å². The van der Waals surface area contributed by atoms with E-state index < -0.39 is 0 Å². The summed E-state index contributed by atoms with van der Waals surface area (Å²) in [6.07, 6.45) is 0. The highest BCUT2D eigenvalue weighted by atomic mass is 16.1. The van der Waals surface area contributed by atoms with Gasteiger partial charge in [0.05, 0.1) is 22.5 Å². The molecule has 0 saturated heterocycles. The molecule has 1 aromatic heterocycles. The number of carbonyl (C=O) groups excluding carboxylic acids is 2. The van der Waals surface area contributed by atoms with Gasteiger partial charge in [0.2, 0.25) is 5.95 Å². The summed E-state index contributed by atoms with van der Waals surface area (Å²) >= 11 is 0. The zero-order chi connectivity index (χ0) is 23.2. The lowest BCUT2D eigenvalue weighted by Gasteiger charge is -2.20. The van der Waals surface area contributed by atoms with Gasteiger partial charge in [0.25, 0.3) is 0 Å². The number of rotatable bonds is 3. The molecule has 34 heavy (non-hydrogen) atoms. The van der Waals surface area contributed by atoms with Crippen molar-refractivity contribution in [2.45, 2.75) is 6.92 Å². The average molecular weight is 441 g/mol. The fourth-order valence-electron chi connectivity index (χ4n) is 4.48. The summed E-state index contributed by atoms with van der Waals surface area (Å²) in [7, 11) is 0. The highest BCUT2D eigenvalue weighted by Gasteiger charge is 2.31. The minimum Gasteiger partial charge on any atom is -0.323 e. The predicted molar refractivity (Wildman–Crippen MR) is 133 cm³/mol. The van der Waals surface area contributed by atoms with E-state index in [1.165, 1.54) is 0 Å². The first-order valence-corrected chi connectivity index (χ1v) is 11.0. The van der Waals surface area contributed by atoms with Gasteiger partial charge in [0.1, 0.15) is 0 Å². The number of anilines is 2. The molecule has 0 aliphatic heterocycles. The molecule has 0 atom stereocenters. The zero-order valence-corrected chi connectivity index (χ0v) is 18.4. The van der Waals surface area contributed by atoms with Crippen LogP contribution in [0.1, 0.15) is 37.4 Å². The second-order valence-corrected chi connectivity index (χ2v) is 8.34. The number of ketones is 2. The fourth-order valence-corrected chi connectivity index (χ4v) is 4.48. The van der Waals surface area contributed by atoms with Crippen LogP contribution in [-0.4, -0.2) is 21.5 Å². The van der Waals surface area contributed by atoms with Gasteiger partial charge in [-0.05, 0) is 25.1 Å². The molecular formula is C29H19N3O2. The molecule has 1 N–H and O–H groups in total. The maximum atomic E-state index is 13.4. The Morgan fingerprint density at radius 1 is 0.676 bits per heavy atom. The first kappa shape index (κ1) is 20.0. The van der Waals surface area contributed by atoms with E-state index >= 15 is 0 Å². The fraction of sp³-hybridized carbons (Fsp3) is 0.0345. The minimum atomic E-state index is -0.187. The second-order valence-electron chi connectivity index (χ2n) is 8.34. The van der Waals surface area contributed by atoms with Crippen molar-refractivity contribution in [1.82, 2.24) is 9.97 Å². The van der Waals surface area contributed by atoms with E-state index in [9.17, 15) is 9.59 Å². The van der Waals surface area contributed by atoms with E-state index in [4.69, 9.17) is 9.97 Å². The molecular weight excluding hydrogens is 422 g/mol. The van der Waals surface area contributed by atoms with Crippen molar-refractivity contribution in [1.29, 1.82) is 0 Å². The Morgan fingerprint density at radius 2 is 1.38 bits per heavy atom. The third-order valence-corrected chi connectivity index (χ3v) is 6.10. The van der Waals surface area contributed by atoms with Crippen LogP contribution in [0.15, 0.2) is 91.0 Å². The van der Waals surface area contributed by atoms with Gasteiger partial charge in [-0.25, -0.2) is 9.97 Å². The van der Waals surface area contributed by atoms with Crippen molar-refractivity contribution in [3.8, 4) is 11.3 Å². The smallest absolute Gasteiger partial charge is 0.228 e. The number of carbonyl (C=O) groups is 2. The summed E-state index contributed by atoms with van der Waals surface area (Å²) in [5.74, 6) is 0.0180.